The molecule has 1 aromatic carbocycles. The highest BCUT2D eigenvalue weighted by atomic mass is 127. The lowest BCUT2D eigenvalue weighted by atomic mass is 10.1. The number of nitrogens with zero attached hydrogens (tertiary/aromatic N) is 2. The minimum absolute atomic E-state index is 0. The Labute approximate surface area is 205 Å². The van der Waals surface area contributed by atoms with Gasteiger partial charge in [0.1, 0.15) is 0 Å². The molecule has 1 aliphatic rings. The van der Waals surface area contributed by atoms with Crippen LogP contribution in [-0.2, 0) is 11.2 Å². The van der Waals surface area contributed by atoms with Gasteiger partial charge in [-0.3, -0.25) is 9.89 Å². The smallest absolute Gasteiger partial charge is 0.191 e. The van der Waals surface area contributed by atoms with Gasteiger partial charge in [-0.1, -0.05) is 18.2 Å². The van der Waals surface area contributed by atoms with Gasteiger partial charge in [0, 0.05) is 60.1 Å². The summed E-state index contributed by atoms with van der Waals surface area (Å²) in [5.74, 6) is 0.848. The molecular formula is C23H32IN5OS. The normalized spacial score (nSPS) is 16.1. The van der Waals surface area contributed by atoms with E-state index in [0.717, 1.165) is 51.8 Å². The topological polar surface area (TPSA) is 64.7 Å². The van der Waals surface area contributed by atoms with Crippen molar-refractivity contribution in [3.05, 3.63) is 57.9 Å². The van der Waals surface area contributed by atoms with Gasteiger partial charge in [0.2, 0.25) is 0 Å². The summed E-state index contributed by atoms with van der Waals surface area (Å²) in [5, 5.41) is 8.31. The van der Waals surface area contributed by atoms with Gasteiger partial charge in [-0.05, 0) is 37.1 Å². The van der Waals surface area contributed by atoms with Crippen molar-refractivity contribution in [3.63, 3.8) is 0 Å². The van der Waals surface area contributed by atoms with Crippen molar-refractivity contribution < 1.29 is 4.74 Å². The second-order valence-corrected chi connectivity index (χ2v) is 8.92. The molecular weight excluding hydrogens is 521 g/mol. The molecule has 1 fully saturated rings. The van der Waals surface area contributed by atoms with E-state index < -0.39 is 0 Å². The Morgan fingerprint density at radius 2 is 2.00 bits per heavy atom. The molecule has 2 aromatic heterocycles. The number of rotatable bonds is 7. The van der Waals surface area contributed by atoms with E-state index in [0.29, 0.717) is 6.04 Å². The molecule has 4 rings (SSSR count). The second-order valence-electron chi connectivity index (χ2n) is 7.60. The van der Waals surface area contributed by atoms with E-state index in [9.17, 15) is 0 Å². The van der Waals surface area contributed by atoms with Crippen LogP contribution in [0.1, 0.15) is 21.4 Å². The van der Waals surface area contributed by atoms with E-state index in [-0.39, 0.29) is 24.0 Å². The molecule has 3 heterocycles. The Balaban J connectivity index is 0.00000272. The van der Waals surface area contributed by atoms with E-state index in [1.807, 2.05) is 18.4 Å². The van der Waals surface area contributed by atoms with Gasteiger partial charge in [-0.15, -0.1) is 35.3 Å². The van der Waals surface area contributed by atoms with Gasteiger partial charge in [0.05, 0.1) is 19.3 Å². The summed E-state index contributed by atoms with van der Waals surface area (Å²) in [4.78, 5) is 13.0. The number of nitrogens with one attached hydrogen (secondary N) is 3. The quantitative estimate of drug-likeness (QED) is 0.236. The van der Waals surface area contributed by atoms with E-state index in [1.54, 1.807) is 0 Å². The van der Waals surface area contributed by atoms with Gasteiger partial charge < -0.3 is 20.4 Å². The van der Waals surface area contributed by atoms with Crippen LogP contribution in [0.15, 0.2) is 47.6 Å². The van der Waals surface area contributed by atoms with Crippen LogP contribution in [-0.4, -0.2) is 62.3 Å². The fraction of sp³-hybridized carbons (Fsp3) is 0.435. The number of thiophene rings is 1. The molecule has 1 aliphatic heterocycles. The molecule has 6 nitrogen and oxygen atoms in total. The number of ether oxygens (including phenoxy) is 1. The fourth-order valence-electron chi connectivity index (χ4n) is 4.00. The van der Waals surface area contributed by atoms with Crippen LogP contribution in [0, 0.1) is 6.92 Å². The molecule has 168 valence electrons. The van der Waals surface area contributed by atoms with Crippen molar-refractivity contribution in [1.29, 1.82) is 0 Å². The third-order valence-corrected chi connectivity index (χ3v) is 6.73. The van der Waals surface area contributed by atoms with Crippen LogP contribution in [0.5, 0.6) is 0 Å². The number of aryl methyl sites for hydroxylation is 1. The number of halogens is 1. The lowest BCUT2D eigenvalue weighted by molar-refractivity contribution is 0.0177. The Bertz CT molecular complexity index is 979. The summed E-state index contributed by atoms with van der Waals surface area (Å²) < 4.78 is 5.56. The van der Waals surface area contributed by atoms with Crippen molar-refractivity contribution in [2.24, 2.45) is 4.99 Å². The third-order valence-electron chi connectivity index (χ3n) is 5.62. The van der Waals surface area contributed by atoms with Crippen LogP contribution in [0.3, 0.4) is 0 Å². The summed E-state index contributed by atoms with van der Waals surface area (Å²) in [7, 11) is 1.83. The number of guanidine groups is 1. The first-order valence-electron chi connectivity index (χ1n) is 10.6. The number of aromatic nitrogens is 1. The first-order chi connectivity index (χ1) is 14.7. The summed E-state index contributed by atoms with van der Waals surface area (Å²) in [5.41, 5.74) is 2.52. The Morgan fingerprint density at radius 1 is 1.19 bits per heavy atom. The summed E-state index contributed by atoms with van der Waals surface area (Å²) in [6.07, 6.45) is 3.05. The average molecular weight is 554 g/mol. The van der Waals surface area contributed by atoms with Crippen molar-refractivity contribution in [3.8, 4) is 0 Å². The minimum Gasteiger partial charge on any atom is -0.379 e. The highest BCUT2D eigenvalue weighted by molar-refractivity contribution is 14.0. The Kier molecular flexibility index (Phi) is 9.18. The first-order valence-corrected chi connectivity index (χ1v) is 11.4. The molecule has 1 unspecified atom stereocenters. The van der Waals surface area contributed by atoms with Crippen molar-refractivity contribution in [1.82, 2.24) is 20.5 Å². The molecule has 3 aromatic rings. The summed E-state index contributed by atoms with van der Waals surface area (Å²) in [6.45, 7) is 7.38. The van der Waals surface area contributed by atoms with Gasteiger partial charge in [-0.25, -0.2) is 0 Å². The predicted octanol–water partition coefficient (Wildman–Crippen LogP) is 3.94. The van der Waals surface area contributed by atoms with Crippen molar-refractivity contribution >= 4 is 52.2 Å². The van der Waals surface area contributed by atoms with Crippen LogP contribution >= 0.6 is 35.3 Å². The van der Waals surface area contributed by atoms with E-state index in [2.05, 4.69) is 75.0 Å². The molecule has 3 N–H and O–H groups in total. The fourth-order valence-corrected chi connectivity index (χ4v) is 5.01. The van der Waals surface area contributed by atoms with E-state index in [1.165, 1.54) is 26.2 Å². The molecule has 8 heteroatoms. The molecule has 0 spiro atoms. The van der Waals surface area contributed by atoms with Crippen molar-refractivity contribution in [2.45, 2.75) is 19.4 Å². The SMILES string of the molecule is CN=C(NCCc1c[nH]c2ccccc12)NCC(c1ccc(C)s1)N1CCOCC1.I. The van der Waals surface area contributed by atoms with E-state index >= 15 is 0 Å². The lowest BCUT2D eigenvalue weighted by Crippen LogP contribution is -2.46. The van der Waals surface area contributed by atoms with Gasteiger partial charge >= 0.3 is 0 Å². The second kappa shape index (κ2) is 11.8. The molecule has 0 saturated carbocycles. The Morgan fingerprint density at radius 3 is 2.74 bits per heavy atom. The number of para-hydroxylation sites is 1. The van der Waals surface area contributed by atoms with Crippen molar-refractivity contribution in [2.75, 3.05) is 46.4 Å². The first kappa shape index (κ1) is 24.0. The maximum atomic E-state index is 5.56. The van der Waals surface area contributed by atoms with Gasteiger partial charge in [0.25, 0.3) is 0 Å². The highest BCUT2D eigenvalue weighted by Gasteiger charge is 2.24. The molecule has 1 saturated heterocycles. The number of aromatic amines is 1. The van der Waals surface area contributed by atoms with Crippen LogP contribution in [0.2, 0.25) is 0 Å². The predicted molar refractivity (Wildman–Crippen MR) is 141 cm³/mol. The number of aliphatic imine (C=N–C) groups is 1. The number of fused-ring (bicyclic) bond motifs is 1. The summed E-state index contributed by atoms with van der Waals surface area (Å²) in [6, 6.07) is 13.2. The standard InChI is InChI=1S/C23H31N5OS.HI/c1-17-7-8-22(30-17)21(28-11-13-29-14-12-28)16-27-23(24-2)25-10-9-18-15-26-20-6-4-3-5-19(18)20;/h3-8,15,21,26H,9-14,16H2,1-2H3,(H2,24,25,27);1H. The average Bonchev–Trinajstić information content (AvgIpc) is 3.40. The maximum Gasteiger partial charge on any atom is 0.191 e. The zero-order valence-corrected chi connectivity index (χ0v) is 21.3. The number of morpholine rings is 1. The van der Waals surface area contributed by atoms with Gasteiger partial charge in [0.15, 0.2) is 5.96 Å². The molecule has 0 bridgehead atoms. The zero-order valence-electron chi connectivity index (χ0n) is 18.2. The molecule has 0 radical (unpaired) electrons. The number of hydrogen-bond donors (Lipinski definition) is 3. The number of benzene rings is 1. The monoisotopic (exact) mass is 553 g/mol. The number of H-pyrrole nitrogens is 1. The van der Waals surface area contributed by atoms with Gasteiger partial charge in [-0.2, -0.15) is 0 Å². The van der Waals surface area contributed by atoms with Crippen LogP contribution < -0.4 is 10.6 Å². The summed E-state index contributed by atoms with van der Waals surface area (Å²) >= 11 is 1.88. The maximum absolute atomic E-state index is 5.56. The molecule has 1 atom stereocenters. The highest BCUT2D eigenvalue weighted by Crippen LogP contribution is 2.27. The zero-order chi connectivity index (χ0) is 20.8. The number of hydrogen-bond acceptors (Lipinski definition) is 4. The van der Waals surface area contributed by atoms with Crippen LogP contribution in [0.4, 0.5) is 0 Å². The molecule has 0 aliphatic carbocycles. The third kappa shape index (κ3) is 6.21. The largest absolute Gasteiger partial charge is 0.379 e. The minimum atomic E-state index is 0. The molecule has 0 amide bonds. The lowest BCUT2D eigenvalue weighted by Gasteiger charge is -2.34. The molecule has 31 heavy (non-hydrogen) atoms. The van der Waals surface area contributed by atoms with E-state index in [4.69, 9.17) is 4.74 Å². The Hall–Kier alpha value is -1.62. The van der Waals surface area contributed by atoms with Crippen LogP contribution in [0.25, 0.3) is 10.9 Å².